The molecular formula is C18H28O. The predicted molar refractivity (Wildman–Crippen MR) is 81.4 cm³/mol. The maximum atomic E-state index is 5.77. The summed E-state index contributed by atoms with van der Waals surface area (Å²) in [5.74, 6) is 0. The molecular weight excluding hydrogens is 232 g/mol. The highest BCUT2D eigenvalue weighted by molar-refractivity contribution is 5.17. The van der Waals surface area contributed by atoms with Crippen LogP contribution in [0.25, 0.3) is 0 Å². The van der Waals surface area contributed by atoms with E-state index in [1.807, 2.05) is 0 Å². The lowest BCUT2D eigenvalue weighted by Gasteiger charge is -2.00. The number of benzene rings is 1. The molecule has 1 aliphatic rings. The molecule has 19 heavy (non-hydrogen) atoms. The number of ether oxygens (including phenoxy) is 1. The third-order valence-corrected chi connectivity index (χ3v) is 4.06. The van der Waals surface area contributed by atoms with Crippen molar-refractivity contribution in [3.63, 3.8) is 0 Å². The summed E-state index contributed by atoms with van der Waals surface area (Å²) in [7, 11) is 0. The molecule has 0 spiro atoms. The van der Waals surface area contributed by atoms with Crippen LogP contribution in [0.15, 0.2) is 30.3 Å². The number of hydrogen-bond donors (Lipinski definition) is 0. The number of hydrogen-bond acceptors (Lipinski definition) is 1. The van der Waals surface area contributed by atoms with Crippen LogP contribution in [0.2, 0.25) is 0 Å². The average Bonchev–Trinajstić information content (AvgIpc) is 3.17. The van der Waals surface area contributed by atoms with Gasteiger partial charge in [0.2, 0.25) is 0 Å². The van der Waals surface area contributed by atoms with Gasteiger partial charge in [0.15, 0.2) is 0 Å². The lowest BCUT2D eigenvalue weighted by atomic mass is 10.0. The Morgan fingerprint density at radius 1 is 0.842 bits per heavy atom. The monoisotopic (exact) mass is 260 g/mol. The zero-order chi connectivity index (χ0) is 13.3. The van der Waals surface area contributed by atoms with Gasteiger partial charge in [-0.15, -0.1) is 0 Å². The smallest absolute Gasteiger partial charge is 0.0882 e. The van der Waals surface area contributed by atoms with Crippen molar-refractivity contribution in [3.8, 4) is 0 Å². The lowest BCUT2D eigenvalue weighted by Crippen LogP contribution is -1.98. The van der Waals surface area contributed by atoms with Crippen molar-refractivity contribution >= 4 is 0 Å². The van der Waals surface area contributed by atoms with E-state index in [1.54, 1.807) is 0 Å². The van der Waals surface area contributed by atoms with E-state index in [0.717, 1.165) is 6.42 Å². The normalized spacial score (nSPS) is 21.5. The third kappa shape index (κ3) is 5.78. The quantitative estimate of drug-likeness (QED) is 0.419. The number of epoxide rings is 1. The van der Waals surface area contributed by atoms with Crippen LogP contribution in [0.1, 0.15) is 63.9 Å². The summed E-state index contributed by atoms with van der Waals surface area (Å²) < 4.78 is 5.77. The van der Waals surface area contributed by atoms with Gasteiger partial charge >= 0.3 is 0 Å². The molecule has 1 nitrogen and oxygen atoms in total. The van der Waals surface area contributed by atoms with Crippen LogP contribution in [0.5, 0.6) is 0 Å². The highest BCUT2D eigenvalue weighted by Crippen LogP contribution is 2.30. The standard InChI is InChI=1S/C18H28O/c1-2-3-4-5-6-7-11-14-17-18(19-17)15-16-12-9-8-10-13-16/h8-10,12-13,17-18H,2-7,11,14-15H2,1H3. The van der Waals surface area contributed by atoms with Crippen molar-refractivity contribution in [2.24, 2.45) is 0 Å². The zero-order valence-electron chi connectivity index (χ0n) is 12.3. The largest absolute Gasteiger partial charge is 0.369 e. The maximum absolute atomic E-state index is 5.77. The number of unbranched alkanes of at least 4 members (excludes halogenated alkanes) is 6. The minimum absolute atomic E-state index is 0.502. The molecule has 0 N–H and O–H groups in total. The molecule has 2 rings (SSSR count). The SMILES string of the molecule is CCCCCCCCCC1OC1Cc1ccccc1. The van der Waals surface area contributed by atoms with Crippen molar-refractivity contribution in [2.45, 2.75) is 76.9 Å². The van der Waals surface area contributed by atoms with Crippen molar-refractivity contribution < 1.29 is 4.74 Å². The van der Waals surface area contributed by atoms with Gasteiger partial charge < -0.3 is 4.74 Å². The predicted octanol–water partition coefficient (Wildman–Crippen LogP) is 5.14. The molecule has 1 heteroatoms. The minimum Gasteiger partial charge on any atom is -0.369 e. The molecule has 0 amide bonds. The van der Waals surface area contributed by atoms with E-state index in [-0.39, 0.29) is 0 Å². The fourth-order valence-electron chi connectivity index (χ4n) is 2.76. The molecule has 106 valence electrons. The Bertz CT molecular complexity index is 333. The van der Waals surface area contributed by atoms with Crippen LogP contribution in [0.4, 0.5) is 0 Å². The highest BCUT2D eigenvalue weighted by atomic mass is 16.6. The second kappa shape index (κ2) is 8.37. The van der Waals surface area contributed by atoms with Gasteiger partial charge in [-0.05, 0) is 12.0 Å². The van der Waals surface area contributed by atoms with E-state index in [4.69, 9.17) is 4.74 Å². The lowest BCUT2D eigenvalue weighted by molar-refractivity contribution is 0.357. The first-order chi connectivity index (χ1) is 9.40. The molecule has 0 bridgehead atoms. The maximum Gasteiger partial charge on any atom is 0.0882 e. The number of rotatable bonds is 10. The summed E-state index contributed by atoms with van der Waals surface area (Å²) in [6, 6.07) is 10.7. The first-order valence-corrected chi connectivity index (χ1v) is 8.09. The van der Waals surface area contributed by atoms with Gasteiger partial charge in [-0.1, -0.05) is 82.2 Å². The van der Waals surface area contributed by atoms with Crippen LogP contribution in [-0.4, -0.2) is 12.2 Å². The second-order valence-electron chi connectivity index (χ2n) is 5.81. The van der Waals surface area contributed by atoms with Gasteiger partial charge in [-0.2, -0.15) is 0 Å². The van der Waals surface area contributed by atoms with Crippen molar-refractivity contribution in [3.05, 3.63) is 35.9 Å². The Balaban J connectivity index is 1.46. The minimum atomic E-state index is 0.502. The van der Waals surface area contributed by atoms with E-state index in [0.29, 0.717) is 12.2 Å². The fraction of sp³-hybridized carbons (Fsp3) is 0.667. The van der Waals surface area contributed by atoms with Crippen molar-refractivity contribution in [1.82, 2.24) is 0 Å². The Morgan fingerprint density at radius 2 is 1.53 bits per heavy atom. The van der Waals surface area contributed by atoms with Crippen LogP contribution in [0.3, 0.4) is 0 Å². The average molecular weight is 260 g/mol. The molecule has 0 saturated carbocycles. The molecule has 2 unspecified atom stereocenters. The Morgan fingerprint density at radius 3 is 2.26 bits per heavy atom. The van der Waals surface area contributed by atoms with E-state index >= 15 is 0 Å². The van der Waals surface area contributed by atoms with Gasteiger partial charge in [0, 0.05) is 6.42 Å². The van der Waals surface area contributed by atoms with E-state index in [2.05, 4.69) is 37.3 Å². The third-order valence-electron chi connectivity index (χ3n) is 4.06. The van der Waals surface area contributed by atoms with E-state index in [1.165, 1.54) is 56.9 Å². The van der Waals surface area contributed by atoms with Gasteiger partial charge in [0.25, 0.3) is 0 Å². The molecule has 2 atom stereocenters. The summed E-state index contributed by atoms with van der Waals surface area (Å²) in [6.07, 6.45) is 13.2. The zero-order valence-corrected chi connectivity index (χ0v) is 12.3. The van der Waals surface area contributed by atoms with E-state index in [9.17, 15) is 0 Å². The topological polar surface area (TPSA) is 12.5 Å². The van der Waals surface area contributed by atoms with Gasteiger partial charge in [0.1, 0.15) is 0 Å². The van der Waals surface area contributed by atoms with Gasteiger partial charge in [-0.25, -0.2) is 0 Å². The van der Waals surface area contributed by atoms with Crippen LogP contribution >= 0.6 is 0 Å². The van der Waals surface area contributed by atoms with Gasteiger partial charge in [-0.3, -0.25) is 0 Å². The van der Waals surface area contributed by atoms with Gasteiger partial charge in [0.05, 0.1) is 12.2 Å². The Kier molecular flexibility index (Phi) is 6.43. The molecule has 1 aliphatic heterocycles. The Hall–Kier alpha value is -0.820. The highest BCUT2D eigenvalue weighted by Gasteiger charge is 2.37. The summed E-state index contributed by atoms with van der Waals surface area (Å²) in [4.78, 5) is 0. The van der Waals surface area contributed by atoms with Crippen LogP contribution in [-0.2, 0) is 11.2 Å². The first-order valence-electron chi connectivity index (χ1n) is 8.09. The molecule has 1 aromatic carbocycles. The molecule has 0 aromatic heterocycles. The molecule has 0 radical (unpaired) electrons. The van der Waals surface area contributed by atoms with E-state index < -0.39 is 0 Å². The van der Waals surface area contributed by atoms with Crippen LogP contribution in [0, 0.1) is 0 Å². The molecule has 1 saturated heterocycles. The summed E-state index contributed by atoms with van der Waals surface area (Å²) >= 11 is 0. The first kappa shape index (κ1) is 14.6. The molecule has 0 aliphatic carbocycles. The summed E-state index contributed by atoms with van der Waals surface area (Å²) in [5.41, 5.74) is 1.41. The fourth-order valence-corrected chi connectivity index (χ4v) is 2.76. The molecule has 1 fully saturated rings. The molecule has 1 heterocycles. The van der Waals surface area contributed by atoms with Crippen molar-refractivity contribution in [1.29, 1.82) is 0 Å². The summed E-state index contributed by atoms with van der Waals surface area (Å²) in [6.45, 7) is 2.28. The second-order valence-corrected chi connectivity index (χ2v) is 5.81. The Labute approximate surface area is 118 Å². The van der Waals surface area contributed by atoms with Crippen LogP contribution < -0.4 is 0 Å². The summed E-state index contributed by atoms with van der Waals surface area (Å²) in [5, 5.41) is 0. The van der Waals surface area contributed by atoms with Crippen molar-refractivity contribution in [2.75, 3.05) is 0 Å². The molecule has 1 aromatic rings.